The molecule has 0 saturated heterocycles. The lowest BCUT2D eigenvalue weighted by Gasteiger charge is -2.08. The van der Waals surface area contributed by atoms with Gasteiger partial charge in [0.15, 0.2) is 6.19 Å². The van der Waals surface area contributed by atoms with Crippen LogP contribution in [0.25, 0.3) is 0 Å². The molecule has 0 unspecified atom stereocenters. The molecule has 1 rings (SSSR count). The Hall–Kier alpha value is -2.35. The number of hydrogen-bond donors (Lipinski definition) is 1. The van der Waals surface area contributed by atoms with Crippen molar-refractivity contribution in [2.75, 3.05) is 0 Å². The summed E-state index contributed by atoms with van der Waals surface area (Å²) in [6.45, 7) is 0. The molecule has 5 nitrogen and oxygen atoms in total. The molecule has 0 atom stereocenters. The second kappa shape index (κ2) is 5.51. The van der Waals surface area contributed by atoms with Gasteiger partial charge in [-0.05, 0) is 12.0 Å². The second-order valence-electron chi connectivity index (χ2n) is 3.15. The van der Waals surface area contributed by atoms with Gasteiger partial charge >= 0.3 is 6.03 Å². The maximum atomic E-state index is 11.4. The van der Waals surface area contributed by atoms with E-state index >= 15 is 0 Å². The largest absolute Gasteiger partial charge is 0.350 e. The Morgan fingerprint density at radius 1 is 1.31 bits per heavy atom. The number of nitriles is 1. The zero-order chi connectivity index (χ0) is 12.0. The Morgan fingerprint density at radius 3 is 2.44 bits per heavy atom. The van der Waals surface area contributed by atoms with Crippen molar-refractivity contribution < 1.29 is 9.59 Å². The fraction of sp³-hybridized carbons (Fsp3) is 0.182. The molecular weight excluding hydrogens is 206 g/mol. The molecule has 16 heavy (non-hydrogen) atoms. The highest BCUT2D eigenvalue weighted by molar-refractivity contribution is 5.95. The van der Waals surface area contributed by atoms with Crippen LogP contribution >= 0.6 is 0 Å². The summed E-state index contributed by atoms with van der Waals surface area (Å²) in [5, 5.41) is 8.52. The quantitative estimate of drug-likeness (QED) is 0.605. The van der Waals surface area contributed by atoms with Crippen LogP contribution in [-0.2, 0) is 11.2 Å². The van der Waals surface area contributed by atoms with Gasteiger partial charge in [-0.2, -0.15) is 10.2 Å². The van der Waals surface area contributed by atoms with Crippen LogP contribution in [-0.4, -0.2) is 16.8 Å². The summed E-state index contributed by atoms with van der Waals surface area (Å²) in [4.78, 5) is 22.4. The number of primary amides is 1. The molecule has 2 N–H and O–H groups in total. The highest BCUT2D eigenvalue weighted by Gasteiger charge is 2.17. The number of urea groups is 1. The predicted octanol–water partition coefficient (Wildman–Crippen LogP) is 1.01. The molecule has 1 aromatic rings. The second-order valence-corrected chi connectivity index (χ2v) is 3.15. The van der Waals surface area contributed by atoms with Crippen molar-refractivity contribution in [3.63, 3.8) is 0 Å². The van der Waals surface area contributed by atoms with E-state index in [-0.39, 0.29) is 6.42 Å². The Balaban J connectivity index is 2.54. The first-order valence-corrected chi connectivity index (χ1v) is 4.71. The predicted molar refractivity (Wildman–Crippen MR) is 56.8 cm³/mol. The number of hydrogen-bond acceptors (Lipinski definition) is 3. The molecule has 0 aromatic heterocycles. The lowest BCUT2D eigenvalue weighted by molar-refractivity contribution is -0.125. The normalized spacial score (nSPS) is 9.19. The van der Waals surface area contributed by atoms with Crippen molar-refractivity contribution in [2.24, 2.45) is 5.73 Å². The molecule has 0 bridgehead atoms. The standard InChI is InChI=1S/C11H11N3O2/c12-8-14(11(13)16)10(15)7-6-9-4-2-1-3-5-9/h1-5H,6-7H2,(H2,13,16). The van der Waals surface area contributed by atoms with Crippen LogP contribution in [0.5, 0.6) is 0 Å². The summed E-state index contributed by atoms with van der Waals surface area (Å²) in [6, 6.07) is 8.28. The molecule has 0 fully saturated rings. The maximum absolute atomic E-state index is 11.4. The van der Waals surface area contributed by atoms with E-state index < -0.39 is 11.9 Å². The Labute approximate surface area is 93.1 Å². The van der Waals surface area contributed by atoms with E-state index in [0.717, 1.165) is 5.56 Å². The number of amides is 3. The van der Waals surface area contributed by atoms with Crippen molar-refractivity contribution in [1.82, 2.24) is 4.90 Å². The third kappa shape index (κ3) is 3.10. The van der Waals surface area contributed by atoms with Crippen LogP contribution in [0.1, 0.15) is 12.0 Å². The van der Waals surface area contributed by atoms with Gasteiger partial charge in [-0.1, -0.05) is 30.3 Å². The van der Waals surface area contributed by atoms with Crippen LogP contribution < -0.4 is 5.73 Å². The van der Waals surface area contributed by atoms with Gasteiger partial charge in [-0.15, -0.1) is 0 Å². The summed E-state index contributed by atoms with van der Waals surface area (Å²) in [5.41, 5.74) is 5.83. The summed E-state index contributed by atoms with van der Waals surface area (Å²) >= 11 is 0. The first-order valence-electron chi connectivity index (χ1n) is 4.71. The zero-order valence-corrected chi connectivity index (χ0v) is 8.59. The minimum absolute atomic E-state index is 0.0838. The molecule has 0 spiro atoms. The smallest absolute Gasteiger partial charge is 0.335 e. The molecule has 0 radical (unpaired) electrons. The molecule has 0 heterocycles. The number of aryl methyl sites for hydroxylation is 1. The van der Waals surface area contributed by atoms with Crippen molar-refractivity contribution in [3.05, 3.63) is 35.9 Å². The lowest BCUT2D eigenvalue weighted by atomic mass is 10.1. The molecule has 3 amide bonds. The van der Waals surface area contributed by atoms with Crippen LogP contribution in [0.2, 0.25) is 0 Å². The molecule has 0 aliphatic heterocycles. The topological polar surface area (TPSA) is 87.2 Å². The number of carbonyl (C=O) groups is 2. The zero-order valence-electron chi connectivity index (χ0n) is 8.59. The maximum Gasteiger partial charge on any atom is 0.335 e. The van der Waals surface area contributed by atoms with E-state index in [2.05, 4.69) is 0 Å². The number of nitrogens with two attached hydrogens (primary N) is 1. The Kier molecular flexibility index (Phi) is 4.04. The fourth-order valence-corrected chi connectivity index (χ4v) is 1.24. The summed E-state index contributed by atoms with van der Waals surface area (Å²) in [5.74, 6) is -0.584. The molecule has 0 aliphatic carbocycles. The van der Waals surface area contributed by atoms with Gasteiger partial charge in [0.25, 0.3) is 0 Å². The van der Waals surface area contributed by atoms with Gasteiger partial charge in [-0.25, -0.2) is 4.79 Å². The third-order valence-electron chi connectivity index (χ3n) is 2.04. The average Bonchev–Trinajstić information content (AvgIpc) is 2.28. The number of carbonyl (C=O) groups excluding carboxylic acids is 2. The van der Waals surface area contributed by atoms with E-state index in [9.17, 15) is 9.59 Å². The molecule has 5 heteroatoms. The van der Waals surface area contributed by atoms with Crippen LogP contribution in [0.4, 0.5) is 4.79 Å². The molecule has 1 aromatic carbocycles. The Bertz CT molecular complexity index is 423. The summed E-state index contributed by atoms with van der Waals surface area (Å²) in [7, 11) is 0. The number of rotatable bonds is 3. The molecule has 82 valence electrons. The van der Waals surface area contributed by atoms with Crippen molar-refractivity contribution >= 4 is 11.9 Å². The highest BCUT2D eigenvalue weighted by Crippen LogP contribution is 2.04. The van der Waals surface area contributed by atoms with E-state index in [4.69, 9.17) is 11.0 Å². The number of benzene rings is 1. The van der Waals surface area contributed by atoms with Crippen LogP contribution in [0.15, 0.2) is 30.3 Å². The van der Waals surface area contributed by atoms with Gasteiger partial charge in [0.2, 0.25) is 5.91 Å². The van der Waals surface area contributed by atoms with Crippen molar-refractivity contribution in [1.29, 1.82) is 5.26 Å². The van der Waals surface area contributed by atoms with Crippen molar-refractivity contribution in [3.8, 4) is 6.19 Å². The molecule has 0 saturated carbocycles. The van der Waals surface area contributed by atoms with Gasteiger partial charge in [0, 0.05) is 6.42 Å². The Morgan fingerprint density at radius 2 is 1.94 bits per heavy atom. The highest BCUT2D eigenvalue weighted by atomic mass is 16.2. The minimum atomic E-state index is -1.04. The van der Waals surface area contributed by atoms with Gasteiger partial charge in [0.05, 0.1) is 0 Å². The summed E-state index contributed by atoms with van der Waals surface area (Å²) < 4.78 is 0. The van der Waals surface area contributed by atoms with Crippen molar-refractivity contribution in [2.45, 2.75) is 12.8 Å². The third-order valence-corrected chi connectivity index (χ3v) is 2.04. The van der Waals surface area contributed by atoms with E-state index in [1.165, 1.54) is 6.19 Å². The van der Waals surface area contributed by atoms with Crippen LogP contribution in [0.3, 0.4) is 0 Å². The van der Waals surface area contributed by atoms with E-state index in [1.807, 2.05) is 30.3 Å². The monoisotopic (exact) mass is 217 g/mol. The van der Waals surface area contributed by atoms with E-state index in [1.54, 1.807) is 0 Å². The summed E-state index contributed by atoms with van der Waals surface area (Å²) in [6.07, 6.45) is 2.01. The van der Waals surface area contributed by atoms with Crippen LogP contribution in [0, 0.1) is 11.5 Å². The SMILES string of the molecule is N#CN(C(N)=O)C(=O)CCc1ccccc1. The van der Waals surface area contributed by atoms with Gasteiger partial charge in [0.1, 0.15) is 0 Å². The number of nitrogens with zero attached hydrogens (tertiary/aromatic N) is 2. The van der Waals surface area contributed by atoms with Gasteiger partial charge in [-0.3, -0.25) is 4.79 Å². The van der Waals surface area contributed by atoms with Gasteiger partial charge < -0.3 is 5.73 Å². The number of imide groups is 1. The minimum Gasteiger partial charge on any atom is -0.350 e. The molecule has 0 aliphatic rings. The lowest BCUT2D eigenvalue weighted by Crippen LogP contribution is -2.36. The first kappa shape index (κ1) is 11.7. The average molecular weight is 217 g/mol. The molecular formula is C11H11N3O2. The first-order chi connectivity index (χ1) is 7.65. The van der Waals surface area contributed by atoms with E-state index in [0.29, 0.717) is 11.3 Å². The fourth-order valence-electron chi connectivity index (χ4n) is 1.24.